The van der Waals surface area contributed by atoms with Gasteiger partial charge in [0.2, 0.25) is 0 Å². The van der Waals surface area contributed by atoms with Gasteiger partial charge in [0.25, 0.3) is 0 Å². The molecule has 0 saturated heterocycles. The van der Waals surface area contributed by atoms with Crippen molar-refractivity contribution in [2.75, 3.05) is 19.6 Å². The fraction of sp³-hybridized carbons (Fsp3) is 0.833. The van der Waals surface area contributed by atoms with Crippen molar-refractivity contribution in [3.63, 3.8) is 0 Å². The summed E-state index contributed by atoms with van der Waals surface area (Å²) in [6, 6.07) is 0. The Morgan fingerprint density at radius 2 is 0.840 bits per heavy atom. The second-order valence-corrected chi connectivity index (χ2v) is 7.42. The van der Waals surface area contributed by atoms with E-state index in [0.717, 1.165) is 6.54 Å². The van der Waals surface area contributed by atoms with E-state index in [0.29, 0.717) is 13.1 Å². The zero-order valence-corrected chi connectivity index (χ0v) is 17.0. The highest BCUT2D eigenvalue weighted by atomic mass is 15.1. The lowest BCUT2D eigenvalue weighted by atomic mass is 10.0. The molecule has 0 aliphatic rings. The van der Waals surface area contributed by atoms with Crippen LogP contribution in [0.5, 0.6) is 0 Å². The maximum Gasteiger partial charge on any atom is 0.0607 e. The highest BCUT2D eigenvalue weighted by Gasteiger charge is 2.00. The van der Waals surface area contributed by atoms with Crippen LogP contribution in [0.15, 0.2) is 0 Å². The van der Waals surface area contributed by atoms with Crippen LogP contribution in [0.1, 0.15) is 110 Å². The monoisotopic (exact) mass is 345 g/mol. The molecule has 0 aromatic heterocycles. The first-order valence-electron chi connectivity index (χ1n) is 10.9. The maximum atomic E-state index is 5.36. The van der Waals surface area contributed by atoms with Crippen LogP contribution in [0.3, 0.4) is 0 Å². The van der Waals surface area contributed by atoms with Gasteiger partial charge in [0.05, 0.1) is 13.1 Å². The van der Waals surface area contributed by atoms with Crippen molar-refractivity contribution in [3.05, 3.63) is 0 Å². The van der Waals surface area contributed by atoms with Gasteiger partial charge < -0.3 is 0 Å². The van der Waals surface area contributed by atoms with Gasteiger partial charge in [-0.25, -0.2) is 0 Å². The summed E-state index contributed by atoms with van der Waals surface area (Å²) in [6.45, 7) is 4.70. The normalized spacial score (nSPS) is 10.7. The summed E-state index contributed by atoms with van der Waals surface area (Å²) in [5, 5.41) is 0. The number of terminal acetylenes is 2. The van der Waals surface area contributed by atoms with Gasteiger partial charge >= 0.3 is 0 Å². The van der Waals surface area contributed by atoms with E-state index in [1.807, 2.05) is 0 Å². The lowest BCUT2D eigenvalue weighted by molar-refractivity contribution is 0.333. The summed E-state index contributed by atoms with van der Waals surface area (Å²) in [5.41, 5.74) is 0. The van der Waals surface area contributed by atoms with Crippen molar-refractivity contribution in [1.29, 1.82) is 0 Å². The first-order chi connectivity index (χ1) is 12.3. The molecule has 1 heteroatoms. The van der Waals surface area contributed by atoms with Crippen molar-refractivity contribution in [2.45, 2.75) is 110 Å². The van der Waals surface area contributed by atoms with Crippen molar-refractivity contribution in [2.24, 2.45) is 0 Å². The molecule has 0 saturated carbocycles. The topological polar surface area (TPSA) is 3.24 Å². The van der Waals surface area contributed by atoms with Crippen LogP contribution in [0, 0.1) is 24.7 Å². The third kappa shape index (κ3) is 19.3. The fourth-order valence-electron chi connectivity index (χ4n) is 3.36. The lowest BCUT2D eigenvalue weighted by Gasteiger charge is -2.16. The van der Waals surface area contributed by atoms with Crippen LogP contribution >= 0.6 is 0 Å². The first-order valence-corrected chi connectivity index (χ1v) is 10.9. The van der Waals surface area contributed by atoms with Gasteiger partial charge in [0, 0.05) is 6.54 Å². The number of hydrogen-bond donors (Lipinski definition) is 0. The molecule has 0 rings (SSSR count). The summed E-state index contributed by atoms with van der Waals surface area (Å²) >= 11 is 0. The minimum atomic E-state index is 0.683. The van der Waals surface area contributed by atoms with E-state index in [2.05, 4.69) is 23.7 Å². The SMILES string of the molecule is C#CCN(CC#C)CCCCCCCCCCCCCCCCCC. The summed E-state index contributed by atoms with van der Waals surface area (Å²) < 4.78 is 0. The first kappa shape index (κ1) is 24.1. The highest BCUT2D eigenvalue weighted by molar-refractivity contribution is 4.94. The van der Waals surface area contributed by atoms with Crippen LogP contribution in [0.2, 0.25) is 0 Å². The lowest BCUT2D eigenvalue weighted by Crippen LogP contribution is -2.25. The average molecular weight is 346 g/mol. The minimum Gasteiger partial charge on any atom is -0.281 e. The third-order valence-corrected chi connectivity index (χ3v) is 4.96. The van der Waals surface area contributed by atoms with Gasteiger partial charge in [-0.15, -0.1) is 12.8 Å². The van der Waals surface area contributed by atoms with Gasteiger partial charge in [-0.05, 0) is 6.42 Å². The molecule has 25 heavy (non-hydrogen) atoms. The molecule has 0 heterocycles. The van der Waals surface area contributed by atoms with E-state index in [4.69, 9.17) is 12.8 Å². The van der Waals surface area contributed by atoms with E-state index >= 15 is 0 Å². The molecule has 0 aromatic carbocycles. The molecule has 0 spiro atoms. The minimum absolute atomic E-state index is 0.683. The Bertz CT molecular complexity index is 317. The Morgan fingerprint density at radius 3 is 1.16 bits per heavy atom. The van der Waals surface area contributed by atoms with Gasteiger partial charge in [-0.3, -0.25) is 4.90 Å². The van der Waals surface area contributed by atoms with Crippen molar-refractivity contribution >= 4 is 0 Å². The molecule has 0 aliphatic heterocycles. The molecule has 0 amide bonds. The molecule has 0 atom stereocenters. The largest absolute Gasteiger partial charge is 0.281 e. The Morgan fingerprint density at radius 1 is 0.520 bits per heavy atom. The second kappa shape index (κ2) is 21.1. The standard InChI is InChI=1S/C24H43N/c1-4-7-8-9-10-11-12-13-14-15-16-17-18-19-20-21-24-25(22-5-2)23-6-3/h2-3H,4,7-24H2,1H3. The Balaban J connectivity index is 3.16. The van der Waals surface area contributed by atoms with Crippen molar-refractivity contribution < 1.29 is 0 Å². The van der Waals surface area contributed by atoms with E-state index in [-0.39, 0.29) is 0 Å². The fourth-order valence-corrected chi connectivity index (χ4v) is 3.36. The molecule has 1 nitrogen and oxygen atoms in total. The molecule has 0 unspecified atom stereocenters. The van der Waals surface area contributed by atoms with Gasteiger partial charge in [-0.2, -0.15) is 0 Å². The second-order valence-electron chi connectivity index (χ2n) is 7.42. The Hall–Kier alpha value is -0.920. The molecular weight excluding hydrogens is 302 g/mol. The van der Waals surface area contributed by atoms with Gasteiger partial charge in [0.1, 0.15) is 0 Å². The van der Waals surface area contributed by atoms with Crippen LogP contribution in [0.25, 0.3) is 0 Å². The molecule has 0 aliphatic carbocycles. The van der Waals surface area contributed by atoms with Crippen LogP contribution < -0.4 is 0 Å². The zero-order valence-electron chi connectivity index (χ0n) is 17.0. The van der Waals surface area contributed by atoms with Crippen molar-refractivity contribution in [1.82, 2.24) is 4.90 Å². The summed E-state index contributed by atoms with van der Waals surface area (Å²) in [6.07, 6.45) is 33.2. The summed E-state index contributed by atoms with van der Waals surface area (Å²) in [4.78, 5) is 2.18. The molecule has 144 valence electrons. The molecule has 0 fully saturated rings. The number of unbranched alkanes of at least 4 members (excludes halogenated alkanes) is 15. The Kier molecular flexibility index (Phi) is 20.3. The van der Waals surface area contributed by atoms with Gasteiger partial charge in [-0.1, -0.05) is 115 Å². The molecule has 0 radical (unpaired) electrons. The number of nitrogens with zero attached hydrogens (tertiary/aromatic N) is 1. The van der Waals surface area contributed by atoms with Gasteiger partial charge in [0.15, 0.2) is 0 Å². The number of rotatable bonds is 19. The quantitative estimate of drug-likeness (QED) is 0.183. The summed E-state index contributed by atoms with van der Waals surface area (Å²) in [5.74, 6) is 5.38. The van der Waals surface area contributed by atoms with Crippen LogP contribution in [-0.2, 0) is 0 Å². The smallest absolute Gasteiger partial charge is 0.0607 e. The number of hydrogen-bond acceptors (Lipinski definition) is 1. The van der Waals surface area contributed by atoms with E-state index in [1.54, 1.807) is 0 Å². The van der Waals surface area contributed by atoms with Crippen LogP contribution in [-0.4, -0.2) is 24.5 Å². The van der Waals surface area contributed by atoms with E-state index < -0.39 is 0 Å². The zero-order chi connectivity index (χ0) is 18.4. The summed E-state index contributed by atoms with van der Waals surface area (Å²) in [7, 11) is 0. The highest BCUT2D eigenvalue weighted by Crippen LogP contribution is 2.13. The van der Waals surface area contributed by atoms with E-state index in [9.17, 15) is 0 Å². The van der Waals surface area contributed by atoms with Crippen molar-refractivity contribution in [3.8, 4) is 24.7 Å². The average Bonchev–Trinajstić information content (AvgIpc) is 2.61. The predicted molar refractivity (Wildman–Crippen MR) is 114 cm³/mol. The molecule has 0 N–H and O–H groups in total. The molecule has 0 bridgehead atoms. The predicted octanol–water partition coefficient (Wildman–Crippen LogP) is 6.82. The molecule has 0 aromatic rings. The van der Waals surface area contributed by atoms with Crippen LogP contribution in [0.4, 0.5) is 0 Å². The Labute approximate surface area is 159 Å². The third-order valence-electron chi connectivity index (χ3n) is 4.96. The molecular formula is C24H43N. The maximum absolute atomic E-state index is 5.36. The van der Waals surface area contributed by atoms with E-state index in [1.165, 1.54) is 103 Å².